The number of ether oxygens (including phenoxy) is 3. The van der Waals surface area contributed by atoms with Crippen LogP contribution in [0.25, 0.3) is 17.0 Å². The first-order valence-electron chi connectivity index (χ1n) is 11.6. The molecule has 0 aliphatic heterocycles. The number of rotatable bonds is 9. The summed E-state index contributed by atoms with van der Waals surface area (Å²) in [6, 6.07) is 20.5. The van der Waals surface area contributed by atoms with Crippen LogP contribution in [0.3, 0.4) is 0 Å². The minimum absolute atomic E-state index is 0.103. The van der Waals surface area contributed by atoms with Gasteiger partial charge in [-0.05, 0) is 29.8 Å². The number of para-hydroxylation sites is 1. The molecule has 0 spiro atoms. The Morgan fingerprint density at radius 1 is 0.892 bits per heavy atom. The summed E-state index contributed by atoms with van der Waals surface area (Å²) in [5, 5.41) is 6.64. The zero-order valence-electron chi connectivity index (χ0n) is 21.2. The Morgan fingerprint density at radius 3 is 2.19 bits per heavy atom. The second-order valence-corrected chi connectivity index (χ2v) is 8.31. The molecule has 0 unspecified atom stereocenters. The standard InChI is InChI=1S/C29H29N3O5/c1-32-18-21(22-12-8-9-13-24(22)32)14-23(29(34)30-17-19-10-6-5-7-11-19)31-28(33)20-15-25(35-2)27(37-4)26(16-20)36-3/h5-16,18H,17H2,1-4H3,(H,30,34)(H,31,33)/b23-14-. The Kier molecular flexibility index (Phi) is 7.78. The molecule has 0 radical (unpaired) electrons. The monoisotopic (exact) mass is 499 g/mol. The first-order valence-corrected chi connectivity index (χ1v) is 11.6. The highest BCUT2D eigenvalue weighted by molar-refractivity contribution is 6.07. The van der Waals surface area contributed by atoms with E-state index >= 15 is 0 Å². The fourth-order valence-electron chi connectivity index (χ4n) is 4.08. The topological polar surface area (TPSA) is 90.8 Å². The second-order valence-electron chi connectivity index (χ2n) is 8.31. The molecule has 2 N–H and O–H groups in total. The van der Waals surface area contributed by atoms with Crippen LogP contribution in [0.15, 0.2) is 78.6 Å². The summed E-state index contributed by atoms with van der Waals surface area (Å²) in [7, 11) is 6.37. The molecule has 2 amide bonds. The number of hydrogen-bond acceptors (Lipinski definition) is 5. The summed E-state index contributed by atoms with van der Waals surface area (Å²) in [4.78, 5) is 26.6. The molecular weight excluding hydrogens is 470 g/mol. The smallest absolute Gasteiger partial charge is 0.268 e. The molecule has 4 rings (SSSR count). The van der Waals surface area contributed by atoms with Gasteiger partial charge < -0.3 is 29.4 Å². The molecule has 37 heavy (non-hydrogen) atoms. The fourth-order valence-corrected chi connectivity index (χ4v) is 4.08. The molecule has 0 saturated carbocycles. The van der Waals surface area contributed by atoms with E-state index in [0.717, 1.165) is 22.0 Å². The first-order chi connectivity index (χ1) is 17.9. The van der Waals surface area contributed by atoms with Crippen LogP contribution in [-0.2, 0) is 18.4 Å². The highest BCUT2D eigenvalue weighted by Gasteiger charge is 2.20. The number of fused-ring (bicyclic) bond motifs is 1. The Hall–Kier alpha value is -4.72. The van der Waals surface area contributed by atoms with Crippen LogP contribution < -0.4 is 24.8 Å². The van der Waals surface area contributed by atoms with E-state index in [2.05, 4.69) is 10.6 Å². The normalized spacial score (nSPS) is 11.2. The molecule has 190 valence electrons. The number of nitrogens with zero attached hydrogens (tertiary/aromatic N) is 1. The number of aromatic nitrogens is 1. The zero-order chi connectivity index (χ0) is 26.4. The number of nitrogens with one attached hydrogen (secondary N) is 2. The van der Waals surface area contributed by atoms with Crippen molar-refractivity contribution in [1.82, 2.24) is 15.2 Å². The predicted octanol–water partition coefficient (Wildman–Crippen LogP) is 4.29. The van der Waals surface area contributed by atoms with E-state index in [0.29, 0.717) is 23.8 Å². The van der Waals surface area contributed by atoms with Gasteiger partial charge in [-0.15, -0.1) is 0 Å². The Morgan fingerprint density at radius 2 is 1.54 bits per heavy atom. The van der Waals surface area contributed by atoms with E-state index in [-0.39, 0.29) is 11.3 Å². The van der Waals surface area contributed by atoms with E-state index in [1.807, 2.05) is 72.4 Å². The van der Waals surface area contributed by atoms with E-state index < -0.39 is 11.8 Å². The van der Waals surface area contributed by atoms with Gasteiger partial charge >= 0.3 is 0 Å². The van der Waals surface area contributed by atoms with Crippen molar-refractivity contribution in [2.75, 3.05) is 21.3 Å². The van der Waals surface area contributed by atoms with Gasteiger partial charge in [0.25, 0.3) is 11.8 Å². The maximum absolute atomic E-state index is 13.3. The Balaban J connectivity index is 1.69. The Labute approximate surface area is 215 Å². The lowest BCUT2D eigenvalue weighted by Crippen LogP contribution is -2.34. The summed E-state index contributed by atoms with van der Waals surface area (Å²) < 4.78 is 18.1. The van der Waals surface area contributed by atoms with Gasteiger partial charge in [0.2, 0.25) is 5.75 Å². The molecule has 0 aliphatic carbocycles. The van der Waals surface area contributed by atoms with Crippen LogP contribution >= 0.6 is 0 Å². The number of hydrogen-bond donors (Lipinski definition) is 2. The minimum Gasteiger partial charge on any atom is -0.493 e. The highest BCUT2D eigenvalue weighted by atomic mass is 16.5. The number of aryl methyl sites for hydroxylation is 1. The van der Waals surface area contributed by atoms with Crippen LogP contribution in [0.1, 0.15) is 21.5 Å². The lowest BCUT2D eigenvalue weighted by molar-refractivity contribution is -0.117. The van der Waals surface area contributed by atoms with Crippen molar-refractivity contribution in [3.8, 4) is 17.2 Å². The summed E-state index contributed by atoms with van der Waals surface area (Å²) in [5.41, 5.74) is 3.10. The number of methoxy groups -OCH3 is 3. The maximum Gasteiger partial charge on any atom is 0.268 e. The number of carbonyl (C=O) groups is 2. The minimum atomic E-state index is -0.499. The molecular formula is C29H29N3O5. The predicted molar refractivity (Wildman–Crippen MR) is 143 cm³/mol. The van der Waals surface area contributed by atoms with Crippen molar-refractivity contribution in [3.05, 3.63) is 95.3 Å². The lowest BCUT2D eigenvalue weighted by Gasteiger charge is -2.15. The van der Waals surface area contributed by atoms with Crippen molar-refractivity contribution >= 4 is 28.8 Å². The average Bonchev–Trinajstić information content (AvgIpc) is 3.25. The fraction of sp³-hybridized carbons (Fsp3) is 0.172. The van der Waals surface area contributed by atoms with E-state index in [4.69, 9.17) is 14.2 Å². The summed E-state index contributed by atoms with van der Waals surface area (Å²) >= 11 is 0. The first kappa shape index (κ1) is 25.4. The summed E-state index contributed by atoms with van der Waals surface area (Å²) in [6.45, 7) is 0.312. The molecule has 1 aromatic heterocycles. The molecule has 3 aromatic carbocycles. The molecule has 0 fully saturated rings. The van der Waals surface area contributed by atoms with Crippen molar-refractivity contribution in [1.29, 1.82) is 0 Å². The van der Waals surface area contributed by atoms with Crippen LogP contribution in [-0.4, -0.2) is 37.7 Å². The molecule has 8 nitrogen and oxygen atoms in total. The third kappa shape index (κ3) is 5.59. The molecule has 4 aromatic rings. The van der Waals surface area contributed by atoms with E-state index in [9.17, 15) is 9.59 Å². The molecule has 1 heterocycles. The van der Waals surface area contributed by atoms with Crippen molar-refractivity contribution in [3.63, 3.8) is 0 Å². The van der Waals surface area contributed by atoms with Crippen molar-refractivity contribution in [2.45, 2.75) is 6.54 Å². The number of carbonyl (C=O) groups excluding carboxylic acids is 2. The van der Waals surface area contributed by atoms with Crippen LogP contribution in [0.2, 0.25) is 0 Å². The number of amides is 2. The van der Waals surface area contributed by atoms with Gasteiger partial charge in [0.15, 0.2) is 11.5 Å². The maximum atomic E-state index is 13.3. The van der Waals surface area contributed by atoms with Crippen LogP contribution in [0.5, 0.6) is 17.2 Å². The van der Waals surface area contributed by atoms with Gasteiger partial charge in [-0.25, -0.2) is 0 Å². The third-order valence-corrected chi connectivity index (χ3v) is 5.94. The molecule has 0 aliphatic rings. The van der Waals surface area contributed by atoms with Crippen molar-refractivity contribution < 1.29 is 23.8 Å². The van der Waals surface area contributed by atoms with Crippen LogP contribution in [0.4, 0.5) is 0 Å². The largest absolute Gasteiger partial charge is 0.493 e. The van der Waals surface area contributed by atoms with Gasteiger partial charge in [0.1, 0.15) is 5.70 Å². The summed E-state index contributed by atoms with van der Waals surface area (Å²) in [5.74, 6) is 0.118. The molecule has 0 atom stereocenters. The van der Waals surface area contributed by atoms with Gasteiger partial charge in [-0.1, -0.05) is 48.5 Å². The van der Waals surface area contributed by atoms with Crippen LogP contribution in [0, 0.1) is 0 Å². The van der Waals surface area contributed by atoms with Gasteiger partial charge in [-0.2, -0.15) is 0 Å². The molecule has 0 bridgehead atoms. The van der Waals surface area contributed by atoms with Gasteiger partial charge in [0, 0.05) is 41.8 Å². The highest BCUT2D eigenvalue weighted by Crippen LogP contribution is 2.38. The Bertz CT molecular complexity index is 1430. The third-order valence-electron chi connectivity index (χ3n) is 5.94. The van der Waals surface area contributed by atoms with Crippen molar-refractivity contribution in [2.24, 2.45) is 7.05 Å². The molecule has 0 saturated heterocycles. The zero-order valence-corrected chi connectivity index (χ0v) is 21.2. The quantitative estimate of drug-likeness (QED) is 0.335. The SMILES string of the molecule is COc1cc(C(=O)N/C(=C\c2cn(C)c3ccccc23)C(=O)NCc2ccccc2)cc(OC)c1OC. The van der Waals surface area contributed by atoms with E-state index in [1.165, 1.54) is 33.5 Å². The number of benzene rings is 3. The summed E-state index contributed by atoms with van der Waals surface area (Å²) in [6.07, 6.45) is 3.60. The molecule has 8 heteroatoms. The van der Waals surface area contributed by atoms with Gasteiger partial charge in [0.05, 0.1) is 21.3 Å². The average molecular weight is 500 g/mol. The van der Waals surface area contributed by atoms with Gasteiger partial charge in [-0.3, -0.25) is 9.59 Å². The lowest BCUT2D eigenvalue weighted by atomic mass is 10.1. The second kappa shape index (κ2) is 11.3. The van der Waals surface area contributed by atoms with E-state index in [1.54, 1.807) is 6.08 Å².